The number of nitro groups is 1. The molecule has 2 aliphatic rings. The molecule has 2 heterocycles. The summed E-state index contributed by atoms with van der Waals surface area (Å²) >= 11 is 0. The summed E-state index contributed by atoms with van der Waals surface area (Å²) in [6.07, 6.45) is 1.25. The number of hydrogen-bond acceptors (Lipinski definition) is 7. The Morgan fingerprint density at radius 3 is 2.41 bits per heavy atom. The highest BCUT2D eigenvalue weighted by Crippen LogP contribution is 2.31. The topological polar surface area (TPSA) is 122 Å². The zero-order valence-corrected chi connectivity index (χ0v) is 17.2. The van der Waals surface area contributed by atoms with E-state index in [9.17, 15) is 24.5 Å². The van der Waals surface area contributed by atoms with Gasteiger partial charge in [0.05, 0.1) is 23.8 Å². The Labute approximate surface area is 183 Å². The zero-order valence-electron chi connectivity index (χ0n) is 17.2. The quantitative estimate of drug-likeness (QED) is 0.338. The van der Waals surface area contributed by atoms with Crippen LogP contribution in [0, 0.1) is 17.0 Å². The van der Waals surface area contributed by atoms with Crippen molar-refractivity contribution >= 4 is 41.0 Å². The number of ether oxygens (including phenoxy) is 1. The molecule has 0 spiro atoms. The van der Waals surface area contributed by atoms with E-state index in [4.69, 9.17) is 4.74 Å². The standard InChI is InChI=1S/C22H20N4O6/c1-14-2-5-16(6-3-14)25-21(28)17(20(27)23-22(25)29)12-15-4-7-18(19(13-15)26(30)31)24-8-10-32-11-9-24/h2-7,12-13H,8-11H2,1H3,(H,23,27,29). The Balaban J connectivity index is 1.69. The van der Waals surface area contributed by atoms with Crippen LogP contribution in [0.5, 0.6) is 0 Å². The lowest BCUT2D eigenvalue weighted by Gasteiger charge is -2.28. The molecule has 164 valence electrons. The second kappa shape index (κ2) is 8.60. The largest absolute Gasteiger partial charge is 0.378 e. The normalized spacial score (nSPS) is 18.2. The van der Waals surface area contributed by atoms with Crippen LogP contribution < -0.4 is 15.1 Å². The smallest absolute Gasteiger partial charge is 0.335 e. The van der Waals surface area contributed by atoms with Crippen LogP contribution in [0.15, 0.2) is 48.0 Å². The number of aryl methyl sites for hydroxylation is 1. The van der Waals surface area contributed by atoms with Gasteiger partial charge in [0.15, 0.2) is 0 Å². The number of imide groups is 2. The molecule has 2 fully saturated rings. The lowest BCUT2D eigenvalue weighted by molar-refractivity contribution is -0.384. The predicted octanol–water partition coefficient (Wildman–Crippen LogP) is 2.41. The number of barbiturate groups is 1. The average molecular weight is 436 g/mol. The molecule has 2 saturated heterocycles. The molecule has 32 heavy (non-hydrogen) atoms. The molecule has 2 aromatic rings. The summed E-state index contributed by atoms with van der Waals surface area (Å²) in [6.45, 7) is 3.86. The maximum Gasteiger partial charge on any atom is 0.335 e. The van der Waals surface area contributed by atoms with Gasteiger partial charge in [0, 0.05) is 19.2 Å². The fourth-order valence-corrected chi connectivity index (χ4v) is 3.60. The van der Waals surface area contributed by atoms with Crippen LogP contribution in [-0.4, -0.2) is 49.1 Å². The van der Waals surface area contributed by atoms with Gasteiger partial charge >= 0.3 is 6.03 Å². The molecule has 0 aromatic heterocycles. The number of nitrogens with zero attached hydrogens (tertiary/aromatic N) is 3. The first-order valence-electron chi connectivity index (χ1n) is 9.94. The number of nitrogens with one attached hydrogen (secondary N) is 1. The number of morpholine rings is 1. The maximum absolute atomic E-state index is 13.0. The van der Waals surface area contributed by atoms with Gasteiger partial charge in [-0.25, -0.2) is 9.69 Å². The second-order valence-electron chi connectivity index (χ2n) is 7.40. The molecule has 0 unspecified atom stereocenters. The zero-order chi connectivity index (χ0) is 22.8. The molecule has 1 N–H and O–H groups in total. The van der Waals surface area contributed by atoms with Crippen molar-refractivity contribution in [3.8, 4) is 0 Å². The van der Waals surface area contributed by atoms with Crippen molar-refractivity contribution in [3.05, 3.63) is 69.3 Å². The number of urea groups is 1. The summed E-state index contributed by atoms with van der Waals surface area (Å²) in [7, 11) is 0. The van der Waals surface area contributed by atoms with Crippen LogP contribution in [-0.2, 0) is 14.3 Å². The van der Waals surface area contributed by atoms with E-state index in [1.807, 2.05) is 11.8 Å². The van der Waals surface area contributed by atoms with Crippen LogP contribution in [0.25, 0.3) is 6.08 Å². The fourth-order valence-electron chi connectivity index (χ4n) is 3.60. The van der Waals surface area contributed by atoms with Crippen molar-refractivity contribution in [3.63, 3.8) is 0 Å². The molecular weight excluding hydrogens is 416 g/mol. The summed E-state index contributed by atoms with van der Waals surface area (Å²) in [5.41, 5.74) is 1.56. The molecule has 0 atom stereocenters. The van der Waals surface area contributed by atoms with Crippen molar-refractivity contribution in [2.24, 2.45) is 0 Å². The third kappa shape index (κ3) is 4.08. The lowest BCUT2D eigenvalue weighted by Crippen LogP contribution is -2.54. The molecule has 0 radical (unpaired) electrons. The van der Waals surface area contributed by atoms with E-state index < -0.39 is 22.8 Å². The van der Waals surface area contributed by atoms with Crippen molar-refractivity contribution in [2.75, 3.05) is 36.1 Å². The molecule has 0 saturated carbocycles. The minimum Gasteiger partial charge on any atom is -0.378 e. The number of anilines is 2. The monoisotopic (exact) mass is 436 g/mol. The van der Waals surface area contributed by atoms with E-state index >= 15 is 0 Å². The van der Waals surface area contributed by atoms with Crippen LogP contribution >= 0.6 is 0 Å². The molecule has 4 rings (SSSR count). The van der Waals surface area contributed by atoms with Gasteiger partial charge in [0.1, 0.15) is 11.3 Å². The van der Waals surface area contributed by atoms with Gasteiger partial charge in [-0.05, 0) is 36.8 Å². The van der Waals surface area contributed by atoms with E-state index in [2.05, 4.69) is 5.32 Å². The van der Waals surface area contributed by atoms with Crippen LogP contribution in [0.2, 0.25) is 0 Å². The summed E-state index contributed by atoms with van der Waals surface area (Å²) in [5.74, 6) is -1.66. The Bertz CT molecular complexity index is 1140. The number of carbonyl (C=O) groups excluding carboxylic acids is 3. The average Bonchev–Trinajstić information content (AvgIpc) is 2.78. The summed E-state index contributed by atoms with van der Waals surface area (Å²) in [5, 5.41) is 13.8. The Kier molecular flexibility index (Phi) is 5.69. The minimum absolute atomic E-state index is 0.142. The number of benzene rings is 2. The maximum atomic E-state index is 13.0. The lowest BCUT2D eigenvalue weighted by atomic mass is 10.0. The van der Waals surface area contributed by atoms with Gasteiger partial charge in [-0.1, -0.05) is 23.8 Å². The molecule has 2 aromatic carbocycles. The second-order valence-corrected chi connectivity index (χ2v) is 7.40. The summed E-state index contributed by atoms with van der Waals surface area (Å²) in [6, 6.07) is 10.3. The minimum atomic E-state index is -0.858. The highest BCUT2D eigenvalue weighted by molar-refractivity contribution is 6.39. The third-order valence-corrected chi connectivity index (χ3v) is 5.25. The molecule has 2 aliphatic heterocycles. The molecule has 10 nitrogen and oxygen atoms in total. The number of hydrogen-bond donors (Lipinski definition) is 1. The van der Waals surface area contributed by atoms with Gasteiger partial charge in [0.2, 0.25) is 0 Å². The van der Waals surface area contributed by atoms with Gasteiger partial charge in [-0.2, -0.15) is 0 Å². The highest BCUT2D eigenvalue weighted by atomic mass is 16.6. The Morgan fingerprint density at radius 2 is 1.75 bits per heavy atom. The molecular formula is C22H20N4O6. The Hall–Kier alpha value is -4.05. The van der Waals surface area contributed by atoms with Crippen LogP contribution in [0.3, 0.4) is 0 Å². The number of amides is 4. The van der Waals surface area contributed by atoms with E-state index in [0.29, 0.717) is 43.2 Å². The highest BCUT2D eigenvalue weighted by Gasteiger charge is 2.37. The van der Waals surface area contributed by atoms with Crippen molar-refractivity contribution in [2.45, 2.75) is 6.92 Å². The first kappa shape index (κ1) is 21.2. The van der Waals surface area contributed by atoms with Crippen LogP contribution in [0.4, 0.5) is 21.9 Å². The summed E-state index contributed by atoms with van der Waals surface area (Å²) in [4.78, 5) is 51.6. The first-order valence-corrected chi connectivity index (χ1v) is 9.94. The molecule has 0 aliphatic carbocycles. The van der Waals surface area contributed by atoms with Gasteiger partial charge < -0.3 is 9.64 Å². The Morgan fingerprint density at radius 1 is 1.06 bits per heavy atom. The first-order chi connectivity index (χ1) is 15.3. The number of nitro benzene ring substituents is 1. The van der Waals surface area contributed by atoms with E-state index in [1.54, 1.807) is 36.4 Å². The molecule has 4 amide bonds. The molecule has 10 heteroatoms. The van der Waals surface area contributed by atoms with Gasteiger partial charge in [-0.3, -0.25) is 25.0 Å². The van der Waals surface area contributed by atoms with Crippen LogP contribution in [0.1, 0.15) is 11.1 Å². The number of rotatable bonds is 4. The fraction of sp³-hybridized carbons (Fsp3) is 0.227. The third-order valence-electron chi connectivity index (χ3n) is 5.25. The van der Waals surface area contributed by atoms with E-state index in [-0.39, 0.29) is 11.3 Å². The van der Waals surface area contributed by atoms with Crippen molar-refractivity contribution in [1.82, 2.24) is 5.32 Å². The number of carbonyl (C=O) groups is 3. The van der Waals surface area contributed by atoms with Crippen molar-refractivity contribution in [1.29, 1.82) is 0 Å². The van der Waals surface area contributed by atoms with Crippen molar-refractivity contribution < 1.29 is 24.0 Å². The van der Waals surface area contributed by atoms with E-state index in [1.165, 1.54) is 12.1 Å². The predicted molar refractivity (Wildman–Crippen MR) is 116 cm³/mol. The summed E-state index contributed by atoms with van der Waals surface area (Å²) < 4.78 is 5.30. The van der Waals surface area contributed by atoms with Gasteiger partial charge in [-0.15, -0.1) is 0 Å². The van der Waals surface area contributed by atoms with Gasteiger partial charge in [0.25, 0.3) is 17.5 Å². The molecule has 0 bridgehead atoms. The SMILES string of the molecule is Cc1ccc(N2C(=O)NC(=O)C(=Cc3ccc(N4CCOCC4)c([N+](=O)[O-])c3)C2=O)cc1. The van der Waals surface area contributed by atoms with E-state index in [0.717, 1.165) is 10.5 Å².